The molecule has 2 N–H and O–H groups in total. The number of rotatable bonds is 6. The van der Waals surface area contributed by atoms with Crippen LogP contribution in [0.2, 0.25) is 0 Å². The molecule has 0 aromatic heterocycles. The molecule has 8 unspecified atom stereocenters. The van der Waals surface area contributed by atoms with Gasteiger partial charge in [0.25, 0.3) is 0 Å². The Kier molecular flexibility index (Phi) is 7.58. The number of fused-ring (bicyclic) bond motifs is 1. The summed E-state index contributed by atoms with van der Waals surface area (Å²) in [6, 6.07) is 17.5. The Balaban J connectivity index is 1.62. The summed E-state index contributed by atoms with van der Waals surface area (Å²) in [5.41, 5.74) is -4.73. The summed E-state index contributed by atoms with van der Waals surface area (Å²) in [5, 5.41) is 23.7. The fourth-order valence-corrected chi connectivity index (χ4v) is 7.30. The Bertz CT molecular complexity index is 1370. The van der Waals surface area contributed by atoms with Gasteiger partial charge < -0.3 is 29.2 Å². The van der Waals surface area contributed by atoms with E-state index in [1.807, 2.05) is 44.2 Å². The van der Waals surface area contributed by atoms with Crippen LogP contribution in [0.4, 0.5) is 0 Å². The van der Waals surface area contributed by atoms with Crippen molar-refractivity contribution in [3.8, 4) is 0 Å². The highest BCUT2D eigenvalue weighted by Crippen LogP contribution is 2.68. The van der Waals surface area contributed by atoms with Crippen molar-refractivity contribution in [2.45, 2.75) is 88.7 Å². The molecule has 2 bridgehead atoms. The van der Waals surface area contributed by atoms with Gasteiger partial charge in [0.15, 0.2) is 12.2 Å². The molecule has 2 saturated carbocycles. The maximum atomic E-state index is 13.5. The number of aliphatic hydroxyl groups is 2. The molecule has 42 heavy (non-hydrogen) atoms. The molecule has 1 aliphatic heterocycles. The number of hydrogen-bond donors (Lipinski definition) is 2. The van der Waals surface area contributed by atoms with Gasteiger partial charge in [0.2, 0.25) is 0 Å². The minimum Gasteiger partial charge on any atom is -0.458 e. The van der Waals surface area contributed by atoms with E-state index in [0.717, 1.165) is 5.56 Å². The number of benzene rings is 2. The van der Waals surface area contributed by atoms with Gasteiger partial charge in [-0.05, 0) is 70.2 Å². The molecule has 3 aliphatic rings. The highest BCUT2D eigenvalue weighted by molar-refractivity contribution is 5.89. The van der Waals surface area contributed by atoms with Crippen LogP contribution in [-0.2, 0) is 28.5 Å². The molecule has 1 heterocycles. The van der Waals surface area contributed by atoms with E-state index < -0.39 is 64.5 Å². The predicted octanol–water partition coefficient (Wildman–Crippen LogP) is 3.86. The Morgan fingerprint density at radius 2 is 1.55 bits per heavy atom. The van der Waals surface area contributed by atoms with Gasteiger partial charge in [-0.2, -0.15) is 0 Å². The van der Waals surface area contributed by atoms with Crippen LogP contribution >= 0.6 is 0 Å². The van der Waals surface area contributed by atoms with Gasteiger partial charge in [0.1, 0.15) is 23.4 Å². The Labute approximate surface area is 245 Å². The molecule has 2 aromatic carbocycles. The third-order valence-electron chi connectivity index (χ3n) is 9.60. The van der Waals surface area contributed by atoms with Crippen molar-refractivity contribution in [2.75, 3.05) is 0 Å². The van der Waals surface area contributed by atoms with E-state index in [9.17, 15) is 24.6 Å². The second-order valence-electron chi connectivity index (χ2n) is 12.5. The smallest absolute Gasteiger partial charge is 0.338 e. The first-order chi connectivity index (χ1) is 19.7. The van der Waals surface area contributed by atoms with E-state index in [2.05, 4.69) is 0 Å². The van der Waals surface area contributed by atoms with Gasteiger partial charge >= 0.3 is 17.9 Å². The van der Waals surface area contributed by atoms with Gasteiger partial charge in [-0.15, -0.1) is 0 Å². The van der Waals surface area contributed by atoms with Gasteiger partial charge in [-0.25, -0.2) is 9.59 Å². The number of hydrogen-bond acceptors (Lipinski definition) is 9. The maximum absolute atomic E-state index is 13.5. The van der Waals surface area contributed by atoms with Crippen molar-refractivity contribution in [1.82, 2.24) is 0 Å². The van der Waals surface area contributed by atoms with E-state index in [0.29, 0.717) is 12.8 Å². The summed E-state index contributed by atoms with van der Waals surface area (Å²) in [5.74, 6) is -2.27. The molecule has 2 aliphatic carbocycles. The van der Waals surface area contributed by atoms with Gasteiger partial charge in [0.05, 0.1) is 16.6 Å². The molecule has 9 heteroatoms. The minimum atomic E-state index is -1.99. The number of carbonyl (C=O) groups is 3. The predicted molar refractivity (Wildman–Crippen MR) is 152 cm³/mol. The minimum absolute atomic E-state index is 0.170. The van der Waals surface area contributed by atoms with Gasteiger partial charge in [-0.3, -0.25) is 4.79 Å². The molecule has 0 amide bonds. The van der Waals surface area contributed by atoms with Crippen LogP contribution in [-0.4, -0.2) is 69.3 Å². The SMILES string of the molecule is CC(=O)OC1C(O)C(C)(O)C23CC(CC(OC(=O)C=Cc4ccccc4)C2(C)C1OC(=O)c1ccccc1)C(C)(C)O3. The van der Waals surface area contributed by atoms with Crippen molar-refractivity contribution in [3.63, 3.8) is 0 Å². The fourth-order valence-electron chi connectivity index (χ4n) is 7.30. The molecular formula is C33H38O9. The maximum Gasteiger partial charge on any atom is 0.338 e. The zero-order valence-corrected chi connectivity index (χ0v) is 24.5. The van der Waals surface area contributed by atoms with Crippen molar-refractivity contribution in [1.29, 1.82) is 0 Å². The van der Waals surface area contributed by atoms with Crippen molar-refractivity contribution in [3.05, 3.63) is 77.9 Å². The number of aliphatic hydroxyl groups excluding tert-OH is 1. The van der Waals surface area contributed by atoms with Crippen molar-refractivity contribution >= 4 is 24.0 Å². The number of carbonyl (C=O) groups excluding carboxylic acids is 3. The lowest BCUT2D eigenvalue weighted by Gasteiger charge is -2.65. The molecule has 224 valence electrons. The summed E-state index contributed by atoms with van der Waals surface area (Å²) >= 11 is 0. The van der Waals surface area contributed by atoms with Crippen LogP contribution in [0.3, 0.4) is 0 Å². The molecule has 5 rings (SSSR count). The topological polar surface area (TPSA) is 129 Å². The summed E-state index contributed by atoms with van der Waals surface area (Å²) in [6.45, 7) is 8.08. The van der Waals surface area contributed by atoms with Crippen LogP contribution in [0.25, 0.3) is 6.08 Å². The lowest BCUT2D eigenvalue weighted by atomic mass is 9.47. The monoisotopic (exact) mass is 578 g/mol. The molecule has 1 saturated heterocycles. The Hall–Kier alpha value is -3.53. The molecule has 2 aromatic rings. The third kappa shape index (κ3) is 4.73. The lowest BCUT2D eigenvalue weighted by Crippen LogP contribution is -2.82. The van der Waals surface area contributed by atoms with E-state index >= 15 is 0 Å². The average molecular weight is 579 g/mol. The van der Waals surface area contributed by atoms with Crippen LogP contribution in [0.15, 0.2) is 66.7 Å². The lowest BCUT2D eigenvalue weighted by molar-refractivity contribution is -0.351. The normalized spacial score (nSPS) is 36.6. The molecule has 3 fully saturated rings. The van der Waals surface area contributed by atoms with Crippen molar-refractivity contribution < 1.29 is 43.5 Å². The second-order valence-corrected chi connectivity index (χ2v) is 12.5. The molecule has 8 atom stereocenters. The van der Waals surface area contributed by atoms with E-state index in [4.69, 9.17) is 18.9 Å². The average Bonchev–Trinajstić information content (AvgIpc) is 3.20. The van der Waals surface area contributed by atoms with E-state index in [-0.39, 0.29) is 11.5 Å². The first kappa shape index (κ1) is 29.9. The Morgan fingerprint density at radius 3 is 2.17 bits per heavy atom. The molecular weight excluding hydrogens is 540 g/mol. The molecule has 9 nitrogen and oxygen atoms in total. The number of ether oxygens (including phenoxy) is 4. The third-order valence-corrected chi connectivity index (χ3v) is 9.60. The molecule has 1 spiro atoms. The van der Waals surface area contributed by atoms with Crippen molar-refractivity contribution in [2.24, 2.45) is 11.3 Å². The summed E-state index contributed by atoms with van der Waals surface area (Å²) < 4.78 is 24.5. The van der Waals surface area contributed by atoms with E-state index in [1.54, 1.807) is 43.3 Å². The standard InChI is InChI=1S/C33H38O9/c1-20(34)39-26-27(36)32(5,38)33-19-23(30(2,3)42-33)18-24(40-25(35)17-16-21-12-8-6-9-13-21)31(33,4)28(26)41-29(37)22-14-10-7-11-15-22/h6-17,23-24,26-28,36,38H,18-19H2,1-5H3. The first-order valence-corrected chi connectivity index (χ1v) is 14.2. The summed E-state index contributed by atoms with van der Waals surface area (Å²) in [7, 11) is 0. The number of esters is 3. The van der Waals surface area contributed by atoms with Gasteiger partial charge in [0, 0.05) is 13.0 Å². The zero-order valence-electron chi connectivity index (χ0n) is 24.5. The van der Waals surface area contributed by atoms with Crippen LogP contribution in [0, 0.1) is 11.3 Å². The largest absolute Gasteiger partial charge is 0.458 e. The highest BCUT2D eigenvalue weighted by Gasteiger charge is 2.82. The summed E-state index contributed by atoms with van der Waals surface area (Å²) in [6.07, 6.45) is -1.90. The first-order valence-electron chi connectivity index (χ1n) is 14.2. The summed E-state index contributed by atoms with van der Waals surface area (Å²) in [4.78, 5) is 39.0. The highest BCUT2D eigenvalue weighted by atomic mass is 16.6. The van der Waals surface area contributed by atoms with Crippen LogP contribution in [0.5, 0.6) is 0 Å². The Morgan fingerprint density at radius 1 is 0.929 bits per heavy atom. The molecule has 0 radical (unpaired) electrons. The zero-order chi connectivity index (χ0) is 30.5. The van der Waals surface area contributed by atoms with Crippen LogP contribution < -0.4 is 0 Å². The fraction of sp³-hybridized carbons (Fsp3) is 0.485. The quantitative estimate of drug-likeness (QED) is 0.298. The van der Waals surface area contributed by atoms with Crippen LogP contribution in [0.1, 0.15) is 63.4 Å². The van der Waals surface area contributed by atoms with Gasteiger partial charge in [-0.1, -0.05) is 48.5 Å². The second kappa shape index (κ2) is 10.6. The van der Waals surface area contributed by atoms with E-state index in [1.165, 1.54) is 19.9 Å².